The zero-order chi connectivity index (χ0) is 21.3. The third kappa shape index (κ3) is 7.42. The molecule has 6 nitrogen and oxygen atoms in total. The number of carbonyl (C=O) groups excluding carboxylic acids is 1. The van der Waals surface area contributed by atoms with Crippen LogP contribution >= 0.6 is 0 Å². The van der Waals surface area contributed by atoms with Crippen molar-refractivity contribution in [3.05, 3.63) is 59.7 Å². The van der Waals surface area contributed by atoms with Gasteiger partial charge in [-0.1, -0.05) is 44.5 Å². The lowest BCUT2D eigenvalue weighted by Gasteiger charge is -2.22. The molecule has 1 amide bonds. The van der Waals surface area contributed by atoms with Crippen LogP contribution in [0.1, 0.15) is 31.4 Å². The van der Waals surface area contributed by atoms with Gasteiger partial charge in [0.05, 0.1) is 18.5 Å². The fourth-order valence-corrected chi connectivity index (χ4v) is 3.74. The minimum atomic E-state index is -3.57. The summed E-state index contributed by atoms with van der Waals surface area (Å²) in [6.45, 7) is 4.50. The topological polar surface area (TPSA) is 75.7 Å². The smallest absolute Gasteiger partial charge is 0.240 e. The highest BCUT2D eigenvalue weighted by molar-refractivity contribution is 7.92. The third-order valence-corrected chi connectivity index (χ3v) is 5.62. The number of nitrogens with zero attached hydrogens (tertiary/aromatic N) is 1. The van der Waals surface area contributed by atoms with Crippen LogP contribution in [0.3, 0.4) is 0 Å². The summed E-state index contributed by atoms with van der Waals surface area (Å²) in [5.41, 5.74) is 2.84. The number of ether oxygens (including phenoxy) is 1. The first-order valence-corrected chi connectivity index (χ1v) is 11.7. The van der Waals surface area contributed by atoms with E-state index in [4.69, 9.17) is 4.74 Å². The first-order chi connectivity index (χ1) is 13.8. The molecule has 1 N–H and O–H groups in total. The second-order valence-corrected chi connectivity index (χ2v) is 8.79. The van der Waals surface area contributed by atoms with E-state index in [9.17, 15) is 13.2 Å². The predicted molar refractivity (Wildman–Crippen MR) is 117 cm³/mol. The van der Waals surface area contributed by atoms with Crippen LogP contribution in [0.15, 0.2) is 48.5 Å². The minimum Gasteiger partial charge on any atom is -0.492 e. The van der Waals surface area contributed by atoms with Gasteiger partial charge < -0.3 is 10.1 Å². The van der Waals surface area contributed by atoms with E-state index >= 15 is 0 Å². The Hall–Kier alpha value is -2.54. The number of amides is 1. The van der Waals surface area contributed by atoms with Gasteiger partial charge in [0, 0.05) is 0 Å². The molecule has 2 aromatic rings. The van der Waals surface area contributed by atoms with E-state index in [1.165, 1.54) is 5.56 Å². The molecule has 0 atom stereocenters. The summed E-state index contributed by atoms with van der Waals surface area (Å²) >= 11 is 0. The standard InChI is InChI=1S/C22H30N2O4S/c1-4-6-19-9-13-21(14-10-19)28-16-15-23-22(25)17-24(29(3,26)27)20-11-7-18(5-2)8-12-20/h7-14H,4-6,15-17H2,1-3H3,(H,23,25). The number of benzene rings is 2. The van der Waals surface area contributed by atoms with Crippen LogP contribution in [0, 0.1) is 0 Å². The Balaban J connectivity index is 1.85. The Kier molecular flexibility index (Phi) is 8.51. The van der Waals surface area contributed by atoms with Crippen molar-refractivity contribution in [1.82, 2.24) is 5.32 Å². The number of anilines is 1. The lowest BCUT2D eigenvalue weighted by molar-refractivity contribution is -0.119. The maximum absolute atomic E-state index is 12.3. The fraction of sp³-hybridized carbons (Fsp3) is 0.409. The van der Waals surface area contributed by atoms with Crippen LogP contribution in [0.4, 0.5) is 5.69 Å². The largest absolute Gasteiger partial charge is 0.492 e. The second kappa shape index (κ2) is 10.9. The molecule has 0 radical (unpaired) electrons. The molecule has 0 spiro atoms. The number of nitrogens with one attached hydrogen (secondary N) is 1. The Morgan fingerprint density at radius 1 is 1.00 bits per heavy atom. The molecule has 0 heterocycles. The average molecular weight is 419 g/mol. The van der Waals surface area contributed by atoms with E-state index in [1.807, 2.05) is 43.3 Å². The van der Waals surface area contributed by atoms with Crippen LogP contribution in [0.25, 0.3) is 0 Å². The average Bonchev–Trinajstić information content (AvgIpc) is 2.70. The first kappa shape index (κ1) is 22.7. The van der Waals surface area contributed by atoms with Crippen molar-refractivity contribution in [2.45, 2.75) is 33.1 Å². The molecule has 0 aliphatic rings. The Morgan fingerprint density at radius 2 is 1.62 bits per heavy atom. The van der Waals surface area contributed by atoms with Gasteiger partial charge in [0.15, 0.2) is 0 Å². The first-order valence-electron chi connectivity index (χ1n) is 9.88. The number of carbonyl (C=O) groups is 1. The quantitative estimate of drug-likeness (QED) is 0.569. The van der Waals surface area contributed by atoms with Gasteiger partial charge in [0.2, 0.25) is 15.9 Å². The van der Waals surface area contributed by atoms with Crippen LogP contribution in [-0.4, -0.2) is 40.3 Å². The summed E-state index contributed by atoms with van der Waals surface area (Å²) in [7, 11) is -3.57. The molecular weight excluding hydrogens is 388 g/mol. The fourth-order valence-electron chi connectivity index (χ4n) is 2.88. The number of hydrogen-bond acceptors (Lipinski definition) is 4. The monoisotopic (exact) mass is 418 g/mol. The zero-order valence-electron chi connectivity index (χ0n) is 17.3. The summed E-state index contributed by atoms with van der Waals surface area (Å²) in [5, 5.41) is 2.71. The van der Waals surface area contributed by atoms with Gasteiger partial charge in [-0.05, 0) is 48.2 Å². The molecule has 0 bridgehead atoms. The molecule has 7 heteroatoms. The van der Waals surface area contributed by atoms with Crippen molar-refractivity contribution in [2.75, 3.05) is 30.3 Å². The lowest BCUT2D eigenvalue weighted by atomic mass is 10.1. The molecule has 0 aliphatic carbocycles. The maximum atomic E-state index is 12.3. The van der Waals surface area contributed by atoms with E-state index < -0.39 is 10.0 Å². The predicted octanol–water partition coefficient (Wildman–Crippen LogP) is 3.16. The molecule has 0 aliphatic heterocycles. The summed E-state index contributed by atoms with van der Waals surface area (Å²) in [4.78, 5) is 12.3. The van der Waals surface area contributed by atoms with Crippen molar-refractivity contribution in [1.29, 1.82) is 0 Å². The molecule has 158 valence electrons. The number of hydrogen-bond donors (Lipinski definition) is 1. The minimum absolute atomic E-state index is 0.268. The van der Waals surface area contributed by atoms with Gasteiger partial charge in [-0.3, -0.25) is 9.10 Å². The maximum Gasteiger partial charge on any atom is 0.240 e. The van der Waals surface area contributed by atoms with E-state index in [0.717, 1.165) is 41.1 Å². The van der Waals surface area contributed by atoms with Gasteiger partial charge in [0.1, 0.15) is 18.9 Å². The van der Waals surface area contributed by atoms with Gasteiger partial charge >= 0.3 is 0 Å². The molecule has 0 aromatic heterocycles. The molecule has 0 saturated heterocycles. The highest BCUT2D eigenvalue weighted by Crippen LogP contribution is 2.18. The molecule has 29 heavy (non-hydrogen) atoms. The Morgan fingerprint density at radius 3 is 2.17 bits per heavy atom. The van der Waals surface area contributed by atoms with E-state index in [2.05, 4.69) is 12.2 Å². The van der Waals surface area contributed by atoms with Crippen LogP contribution in [0.2, 0.25) is 0 Å². The van der Waals surface area contributed by atoms with Gasteiger partial charge in [-0.15, -0.1) is 0 Å². The highest BCUT2D eigenvalue weighted by Gasteiger charge is 2.20. The van der Waals surface area contributed by atoms with Gasteiger partial charge in [-0.25, -0.2) is 8.42 Å². The van der Waals surface area contributed by atoms with E-state index in [1.54, 1.807) is 12.1 Å². The SMILES string of the molecule is CCCc1ccc(OCCNC(=O)CN(c2ccc(CC)cc2)S(C)(=O)=O)cc1. The molecule has 0 unspecified atom stereocenters. The molecule has 2 rings (SSSR count). The molecule has 0 fully saturated rings. The van der Waals surface area contributed by atoms with Crippen molar-refractivity contribution in [3.8, 4) is 5.75 Å². The highest BCUT2D eigenvalue weighted by atomic mass is 32.2. The van der Waals surface area contributed by atoms with Crippen LogP contribution < -0.4 is 14.4 Å². The summed E-state index contributed by atoms with van der Waals surface area (Å²) < 4.78 is 31.0. The summed E-state index contributed by atoms with van der Waals surface area (Å²) in [5.74, 6) is 0.366. The molecule has 0 saturated carbocycles. The zero-order valence-corrected chi connectivity index (χ0v) is 18.2. The summed E-state index contributed by atoms with van der Waals surface area (Å²) in [6.07, 6.45) is 4.09. The summed E-state index contributed by atoms with van der Waals surface area (Å²) in [6, 6.07) is 15.1. The van der Waals surface area contributed by atoms with Crippen molar-refractivity contribution < 1.29 is 17.9 Å². The normalized spacial score (nSPS) is 11.1. The van der Waals surface area contributed by atoms with Gasteiger partial charge in [-0.2, -0.15) is 0 Å². The van der Waals surface area contributed by atoms with Crippen molar-refractivity contribution >= 4 is 21.6 Å². The number of aryl methyl sites for hydroxylation is 2. The number of rotatable bonds is 11. The lowest BCUT2D eigenvalue weighted by Crippen LogP contribution is -2.41. The second-order valence-electron chi connectivity index (χ2n) is 6.88. The molecular formula is C22H30N2O4S. The van der Waals surface area contributed by atoms with Crippen LogP contribution in [0.5, 0.6) is 5.75 Å². The molecule has 2 aromatic carbocycles. The van der Waals surface area contributed by atoms with E-state index in [-0.39, 0.29) is 12.5 Å². The van der Waals surface area contributed by atoms with Crippen molar-refractivity contribution in [3.63, 3.8) is 0 Å². The number of sulfonamides is 1. The van der Waals surface area contributed by atoms with Gasteiger partial charge in [0.25, 0.3) is 0 Å². The van der Waals surface area contributed by atoms with Crippen LogP contribution in [-0.2, 0) is 27.7 Å². The Labute approximate surface area is 173 Å². The third-order valence-electron chi connectivity index (χ3n) is 4.48. The Bertz CT molecular complexity index is 878. The van der Waals surface area contributed by atoms with E-state index in [0.29, 0.717) is 18.8 Å². The van der Waals surface area contributed by atoms with Crippen molar-refractivity contribution in [2.24, 2.45) is 0 Å².